The van der Waals surface area contributed by atoms with Crippen LogP contribution in [0.1, 0.15) is 83.4 Å². The van der Waals surface area contributed by atoms with Crippen LogP contribution >= 0.6 is 8.46 Å². The molecule has 0 aliphatic heterocycles. The average Bonchev–Trinajstić information content (AvgIpc) is 2.71. The van der Waals surface area contributed by atoms with Gasteiger partial charge in [-0.1, -0.05) is 75.6 Å². The number of aryl methyl sites for hydroxylation is 1. The quantitative estimate of drug-likeness (QED) is 0.357. The molecule has 3 rings (SSSR count). The SMILES string of the molecule is CCCCCP=O.CCCCc1cccc2c1C(=O)c1ccccc1C2=O. The second kappa shape index (κ2) is 10.9. The van der Waals surface area contributed by atoms with E-state index in [9.17, 15) is 14.2 Å². The van der Waals surface area contributed by atoms with Crippen molar-refractivity contribution in [1.29, 1.82) is 0 Å². The Labute approximate surface area is 163 Å². The molecule has 2 aromatic rings. The summed E-state index contributed by atoms with van der Waals surface area (Å²) in [6.45, 7) is 4.26. The number of fused-ring (bicyclic) bond motifs is 2. The highest BCUT2D eigenvalue weighted by atomic mass is 31.1. The number of unbranched alkanes of at least 4 members (excludes halogenated alkanes) is 3. The molecule has 4 heteroatoms. The minimum atomic E-state index is -0.0338. The van der Waals surface area contributed by atoms with Crippen molar-refractivity contribution in [1.82, 2.24) is 0 Å². The third-order valence-corrected chi connectivity index (χ3v) is 5.19. The maximum Gasteiger partial charge on any atom is 0.194 e. The molecule has 1 aliphatic rings. The Kier molecular flexibility index (Phi) is 8.54. The van der Waals surface area contributed by atoms with Gasteiger partial charge in [-0.2, -0.15) is 0 Å². The minimum Gasteiger partial charge on any atom is -0.289 e. The molecule has 142 valence electrons. The molecule has 0 bridgehead atoms. The molecule has 0 spiro atoms. The van der Waals surface area contributed by atoms with E-state index in [2.05, 4.69) is 13.8 Å². The molecular formula is C23H27O3P. The lowest BCUT2D eigenvalue weighted by Gasteiger charge is -2.20. The third kappa shape index (κ3) is 5.20. The zero-order valence-corrected chi connectivity index (χ0v) is 17.1. The van der Waals surface area contributed by atoms with E-state index in [4.69, 9.17) is 0 Å². The number of carbonyl (C=O) groups excluding carboxylic acids is 2. The fraction of sp³-hybridized carbons (Fsp3) is 0.391. The van der Waals surface area contributed by atoms with Gasteiger partial charge in [0.1, 0.15) is 0 Å². The van der Waals surface area contributed by atoms with Crippen LogP contribution in [-0.2, 0) is 11.0 Å². The molecule has 0 saturated heterocycles. The van der Waals surface area contributed by atoms with Crippen molar-refractivity contribution in [3.8, 4) is 0 Å². The van der Waals surface area contributed by atoms with Gasteiger partial charge in [0.05, 0.1) is 0 Å². The highest BCUT2D eigenvalue weighted by Gasteiger charge is 2.30. The Morgan fingerprint density at radius 3 is 2.00 bits per heavy atom. The van der Waals surface area contributed by atoms with Gasteiger partial charge in [-0.3, -0.25) is 14.2 Å². The van der Waals surface area contributed by atoms with Crippen molar-refractivity contribution >= 4 is 20.0 Å². The van der Waals surface area contributed by atoms with E-state index in [1.807, 2.05) is 18.2 Å². The highest BCUT2D eigenvalue weighted by molar-refractivity contribution is 7.23. The summed E-state index contributed by atoms with van der Waals surface area (Å²) in [4.78, 5) is 25.2. The van der Waals surface area contributed by atoms with Gasteiger partial charge in [0, 0.05) is 28.4 Å². The van der Waals surface area contributed by atoms with Gasteiger partial charge < -0.3 is 0 Å². The summed E-state index contributed by atoms with van der Waals surface area (Å²) in [6.07, 6.45) is 7.34. The molecule has 0 fully saturated rings. The first-order chi connectivity index (χ1) is 13.2. The number of hydrogen-bond donors (Lipinski definition) is 0. The van der Waals surface area contributed by atoms with E-state index in [1.165, 1.54) is 12.8 Å². The Balaban J connectivity index is 0.000000321. The monoisotopic (exact) mass is 382 g/mol. The number of rotatable bonds is 7. The predicted molar refractivity (Wildman–Crippen MR) is 110 cm³/mol. The van der Waals surface area contributed by atoms with Gasteiger partial charge in [-0.25, -0.2) is 0 Å². The number of ketones is 2. The van der Waals surface area contributed by atoms with Crippen molar-refractivity contribution in [2.24, 2.45) is 0 Å². The molecule has 0 amide bonds. The van der Waals surface area contributed by atoms with Crippen molar-refractivity contribution in [3.63, 3.8) is 0 Å². The smallest absolute Gasteiger partial charge is 0.194 e. The Hall–Kier alpha value is -2.12. The van der Waals surface area contributed by atoms with Crippen LogP contribution in [0.3, 0.4) is 0 Å². The van der Waals surface area contributed by atoms with Crippen LogP contribution in [0, 0.1) is 0 Å². The molecule has 1 aliphatic carbocycles. The molecule has 3 nitrogen and oxygen atoms in total. The second-order valence-electron chi connectivity index (χ2n) is 6.71. The Morgan fingerprint density at radius 1 is 0.741 bits per heavy atom. The topological polar surface area (TPSA) is 51.2 Å². The zero-order chi connectivity index (χ0) is 19.6. The number of hydrogen-bond acceptors (Lipinski definition) is 3. The molecule has 0 radical (unpaired) electrons. The number of carbonyl (C=O) groups is 2. The van der Waals surface area contributed by atoms with E-state index >= 15 is 0 Å². The fourth-order valence-corrected chi connectivity index (χ4v) is 3.57. The molecule has 0 atom stereocenters. The summed E-state index contributed by atoms with van der Waals surface area (Å²) in [6, 6.07) is 12.7. The normalized spacial score (nSPS) is 12.2. The summed E-state index contributed by atoms with van der Waals surface area (Å²) < 4.78 is 9.78. The lowest BCUT2D eigenvalue weighted by molar-refractivity contribution is 0.0978. The first-order valence-electron chi connectivity index (χ1n) is 9.75. The minimum absolute atomic E-state index is 0.0121. The molecule has 0 unspecified atom stereocenters. The lowest BCUT2D eigenvalue weighted by Crippen LogP contribution is -2.22. The third-order valence-electron chi connectivity index (χ3n) is 4.69. The average molecular weight is 382 g/mol. The molecule has 0 N–H and O–H groups in total. The van der Waals surface area contributed by atoms with Crippen molar-refractivity contribution in [2.75, 3.05) is 6.16 Å². The molecule has 2 aromatic carbocycles. The maximum atomic E-state index is 12.7. The number of benzene rings is 2. The van der Waals surface area contributed by atoms with E-state index in [0.717, 1.165) is 37.4 Å². The fourth-order valence-electron chi connectivity index (χ4n) is 3.22. The van der Waals surface area contributed by atoms with Gasteiger partial charge in [0.25, 0.3) is 0 Å². The molecule has 27 heavy (non-hydrogen) atoms. The Morgan fingerprint density at radius 2 is 1.37 bits per heavy atom. The zero-order valence-electron chi connectivity index (χ0n) is 16.2. The summed E-state index contributed by atoms with van der Waals surface area (Å²) in [5.74, 6) is -0.0459. The second-order valence-corrected chi connectivity index (χ2v) is 7.41. The van der Waals surface area contributed by atoms with Gasteiger partial charge in [0.2, 0.25) is 0 Å². The van der Waals surface area contributed by atoms with Crippen molar-refractivity contribution in [3.05, 3.63) is 70.3 Å². The van der Waals surface area contributed by atoms with Crippen LogP contribution in [0.25, 0.3) is 0 Å². The van der Waals surface area contributed by atoms with Gasteiger partial charge in [0.15, 0.2) is 20.0 Å². The first-order valence-corrected chi connectivity index (χ1v) is 10.7. The van der Waals surface area contributed by atoms with Crippen LogP contribution < -0.4 is 0 Å². The van der Waals surface area contributed by atoms with Crippen molar-refractivity contribution in [2.45, 2.75) is 52.4 Å². The lowest BCUT2D eigenvalue weighted by atomic mass is 9.81. The van der Waals surface area contributed by atoms with E-state index in [0.29, 0.717) is 30.7 Å². The van der Waals surface area contributed by atoms with Gasteiger partial charge in [-0.05, 0) is 24.8 Å². The van der Waals surface area contributed by atoms with E-state index in [1.54, 1.807) is 24.3 Å². The van der Waals surface area contributed by atoms with Gasteiger partial charge in [-0.15, -0.1) is 0 Å². The van der Waals surface area contributed by atoms with Crippen LogP contribution in [0.2, 0.25) is 0 Å². The summed E-state index contributed by atoms with van der Waals surface area (Å²) in [5.41, 5.74) is 3.23. The summed E-state index contributed by atoms with van der Waals surface area (Å²) in [5, 5.41) is 0. The van der Waals surface area contributed by atoms with Crippen LogP contribution in [0.5, 0.6) is 0 Å². The molecule has 0 heterocycles. The molecule has 0 aromatic heterocycles. The van der Waals surface area contributed by atoms with Crippen LogP contribution in [-0.4, -0.2) is 17.7 Å². The first kappa shape index (κ1) is 21.2. The van der Waals surface area contributed by atoms with Crippen LogP contribution in [0.4, 0.5) is 0 Å². The summed E-state index contributed by atoms with van der Waals surface area (Å²) >= 11 is 0. The van der Waals surface area contributed by atoms with Crippen LogP contribution in [0.15, 0.2) is 42.5 Å². The van der Waals surface area contributed by atoms with Gasteiger partial charge >= 0.3 is 0 Å². The predicted octanol–water partition coefficient (Wildman–Crippen LogP) is 6.27. The standard InChI is InChI=1S/C18H16O2.C5H11OP/c1-2-3-7-12-8-6-11-15-16(12)18(20)14-10-5-4-9-13(14)17(15)19;1-2-3-4-5-7-6/h4-6,8-11H,2-3,7H2,1H3;2-5H2,1H3. The summed E-state index contributed by atoms with van der Waals surface area (Å²) in [7, 11) is 0.305. The van der Waals surface area contributed by atoms with E-state index < -0.39 is 0 Å². The maximum absolute atomic E-state index is 12.7. The van der Waals surface area contributed by atoms with E-state index in [-0.39, 0.29) is 11.6 Å². The van der Waals surface area contributed by atoms with Crippen molar-refractivity contribution < 1.29 is 14.2 Å². The Bertz CT molecular complexity index is 811. The molecular weight excluding hydrogens is 355 g/mol. The highest BCUT2D eigenvalue weighted by Crippen LogP contribution is 2.30. The molecule has 0 saturated carbocycles. The largest absolute Gasteiger partial charge is 0.289 e.